The summed E-state index contributed by atoms with van der Waals surface area (Å²) in [6.45, 7) is 2.76. The third-order valence-corrected chi connectivity index (χ3v) is 5.43. The van der Waals surface area contributed by atoms with Gasteiger partial charge in [-0.3, -0.25) is 0 Å². The molecule has 0 aliphatic carbocycles. The molecule has 3 aromatic carbocycles. The molecule has 0 radical (unpaired) electrons. The van der Waals surface area contributed by atoms with E-state index in [0.29, 0.717) is 36.0 Å². The summed E-state index contributed by atoms with van der Waals surface area (Å²) in [5, 5.41) is 9.33. The zero-order valence-corrected chi connectivity index (χ0v) is 18.1. The number of rotatable bonds is 9. The number of benzene rings is 3. The Morgan fingerprint density at radius 1 is 0.935 bits per heavy atom. The molecule has 0 bridgehead atoms. The van der Waals surface area contributed by atoms with Gasteiger partial charge in [-0.2, -0.15) is 5.26 Å². The van der Waals surface area contributed by atoms with E-state index in [1.807, 2.05) is 37.3 Å². The molecule has 0 amide bonds. The Morgan fingerprint density at radius 2 is 1.61 bits per heavy atom. The fourth-order valence-electron chi connectivity index (χ4n) is 2.84. The maximum Gasteiger partial charge on any atom is 0.175 e. The highest BCUT2D eigenvalue weighted by Gasteiger charge is 2.10. The molecule has 0 heterocycles. The molecule has 3 aromatic rings. The van der Waals surface area contributed by atoms with Crippen LogP contribution in [-0.4, -0.2) is 27.4 Å². The fraction of sp³-hybridized carbons (Fsp3) is 0.208. The number of nitrogens with zero attached hydrogens (tertiary/aromatic N) is 1. The van der Waals surface area contributed by atoms with Gasteiger partial charge in [0.05, 0.1) is 29.7 Å². The lowest BCUT2D eigenvalue weighted by Crippen LogP contribution is -2.19. The molecule has 0 aromatic heterocycles. The quantitative estimate of drug-likeness (QED) is 0.481. The molecule has 0 aliphatic rings. The normalized spacial score (nSPS) is 12.0. The second-order valence-corrected chi connectivity index (χ2v) is 9.10. The second kappa shape index (κ2) is 10.1. The monoisotopic (exact) mass is 437 g/mol. The molecule has 0 aliphatic heterocycles. The van der Waals surface area contributed by atoms with E-state index in [-0.39, 0.29) is 11.0 Å². The highest BCUT2D eigenvalue weighted by molar-refractivity contribution is 7.90. The van der Waals surface area contributed by atoms with Gasteiger partial charge in [-0.05, 0) is 48.9 Å². The van der Waals surface area contributed by atoms with Gasteiger partial charge in [0.15, 0.2) is 9.84 Å². The van der Waals surface area contributed by atoms with Gasteiger partial charge in [0, 0.05) is 12.3 Å². The van der Waals surface area contributed by atoms with E-state index < -0.39 is 9.84 Å². The van der Waals surface area contributed by atoms with Crippen LogP contribution in [0.4, 0.5) is 0 Å². The van der Waals surface area contributed by atoms with Crippen LogP contribution < -0.4 is 9.47 Å². The van der Waals surface area contributed by atoms with Crippen LogP contribution in [0.3, 0.4) is 0 Å². The molecular formula is C24H23NO5S. The minimum absolute atomic E-state index is 0.207. The lowest BCUT2D eigenvalue weighted by atomic mass is 10.2. The number of ether oxygens (including phenoxy) is 3. The van der Waals surface area contributed by atoms with Crippen molar-refractivity contribution in [3.63, 3.8) is 0 Å². The van der Waals surface area contributed by atoms with Crippen molar-refractivity contribution in [1.29, 1.82) is 5.26 Å². The number of nitriles is 1. The van der Waals surface area contributed by atoms with Gasteiger partial charge in [-0.25, -0.2) is 8.42 Å². The van der Waals surface area contributed by atoms with E-state index in [2.05, 4.69) is 6.07 Å². The van der Waals surface area contributed by atoms with Crippen LogP contribution >= 0.6 is 0 Å². The van der Waals surface area contributed by atoms with Gasteiger partial charge >= 0.3 is 0 Å². The van der Waals surface area contributed by atoms with Crippen molar-refractivity contribution in [2.75, 3.05) is 12.9 Å². The predicted octanol–water partition coefficient (Wildman–Crippen LogP) is 4.74. The Labute approximate surface area is 182 Å². The van der Waals surface area contributed by atoms with Crippen molar-refractivity contribution in [3.8, 4) is 23.3 Å². The molecule has 31 heavy (non-hydrogen) atoms. The fourth-order valence-corrected chi connectivity index (χ4v) is 3.47. The van der Waals surface area contributed by atoms with Crippen LogP contribution in [0.25, 0.3) is 0 Å². The summed E-state index contributed by atoms with van der Waals surface area (Å²) in [5.74, 6) is 1.35. The average Bonchev–Trinajstić information content (AvgIpc) is 2.74. The van der Waals surface area contributed by atoms with Crippen molar-refractivity contribution in [1.82, 2.24) is 0 Å². The van der Waals surface area contributed by atoms with Crippen LogP contribution in [0.2, 0.25) is 0 Å². The maximum absolute atomic E-state index is 11.6. The maximum atomic E-state index is 11.6. The van der Waals surface area contributed by atoms with Crippen LogP contribution in [0, 0.1) is 11.3 Å². The largest absolute Gasteiger partial charge is 0.488 e. The van der Waals surface area contributed by atoms with Gasteiger partial charge in [-0.15, -0.1) is 0 Å². The Hall–Kier alpha value is -3.34. The summed E-state index contributed by atoms with van der Waals surface area (Å²) >= 11 is 0. The summed E-state index contributed by atoms with van der Waals surface area (Å²) < 4.78 is 40.6. The van der Waals surface area contributed by atoms with E-state index in [0.717, 1.165) is 11.8 Å². The van der Waals surface area contributed by atoms with E-state index in [1.54, 1.807) is 30.3 Å². The molecule has 0 N–H and O–H groups in total. The summed E-state index contributed by atoms with van der Waals surface area (Å²) in [6, 6.07) is 22.9. The van der Waals surface area contributed by atoms with E-state index >= 15 is 0 Å². The zero-order chi connectivity index (χ0) is 22.3. The molecule has 3 rings (SSSR count). The molecule has 0 saturated heterocycles. The van der Waals surface area contributed by atoms with Crippen molar-refractivity contribution in [2.24, 2.45) is 0 Å². The molecule has 1 atom stereocenters. The lowest BCUT2D eigenvalue weighted by Gasteiger charge is -2.16. The first-order chi connectivity index (χ1) is 14.8. The molecule has 160 valence electrons. The number of hydrogen-bond acceptors (Lipinski definition) is 6. The highest BCUT2D eigenvalue weighted by Crippen LogP contribution is 2.28. The summed E-state index contributed by atoms with van der Waals surface area (Å²) in [5.41, 5.74) is 1.47. The zero-order valence-electron chi connectivity index (χ0n) is 17.3. The molecule has 6 nitrogen and oxygen atoms in total. The van der Waals surface area contributed by atoms with Gasteiger partial charge < -0.3 is 14.2 Å². The standard InChI is InChI=1S/C24H23NO5S/c1-18(16-28-17-19-6-4-3-5-7-19)29-22-12-20(15-25)13-23(14-22)30-21-8-10-24(11-9-21)31(2,26)27/h3-14,18H,16-17H2,1-2H3. The van der Waals surface area contributed by atoms with Crippen LogP contribution in [0.5, 0.6) is 17.2 Å². The van der Waals surface area contributed by atoms with Gasteiger partial charge in [-0.1, -0.05) is 30.3 Å². The van der Waals surface area contributed by atoms with E-state index in [1.165, 1.54) is 12.1 Å². The molecule has 0 fully saturated rings. The third-order valence-electron chi connectivity index (χ3n) is 4.30. The molecule has 0 spiro atoms. The average molecular weight is 438 g/mol. The van der Waals surface area contributed by atoms with Crippen LogP contribution in [0.15, 0.2) is 77.7 Å². The van der Waals surface area contributed by atoms with Gasteiger partial charge in [0.1, 0.15) is 23.4 Å². The highest BCUT2D eigenvalue weighted by atomic mass is 32.2. The molecular weight excluding hydrogens is 414 g/mol. The first-order valence-electron chi connectivity index (χ1n) is 9.65. The lowest BCUT2D eigenvalue weighted by molar-refractivity contribution is 0.0492. The molecule has 7 heteroatoms. The molecule has 0 saturated carbocycles. The van der Waals surface area contributed by atoms with Crippen molar-refractivity contribution >= 4 is 9.84 Å². The summed E-state index contributed by atoms with van der Waals surface area (Å²) in [4.78, 5) is 0.207. The second-order valence-electron chi connectivity index (χ2n) is 7.08. The first kappa shape index (κ1) is 22.3. The SMILES string of the molecule is CC(COCc1ccccc1)Oc1cc(C#N)cc(Oc2ccc(S(C)(=O)=O)cc2)c1. The summed E-state index contributed by atoms with van der Waals surface area (Å²) in [6.07, 6.45) is 0.910. The minimum atomic E-state index is -3.28. The third kappa shape index (κ3) is 6.85. The van der Waals surface area contributed by atoms with Crippen LogP contribution in [0.1, 0.15) is 18.1 Å². The van der Waals surface area contributed by atoms with Crippen LogP contribution in [-0.2, 0) is 21.2 Å². The van der Waals surface area contributed by atoms with Crippen molar-refractivity contribution < 1.29 is 22.6 Å². The van der Waals surface area contributed by atoms with Crippen molar-refractivity contribution in [2.45, 2.75) is 24.5 Å². The number of hydrogen-bond donors (Lipinski definition) is 0. The van der Waals surface area contributed by atoms with Gasteiger partial charge in [0.25, 0.3) is 0 Å². The minimum Gasteiger partial charge on any atom is -0.488 e. The van der Waals surface area contributed by atoms with E-state index in [4.69, 9.17) is 14.2 Å². The van der Waals surface area contributed by atoms with Gasteiger partial charge in [0.2, 0.25) is 0 Å². The molecule has 1 unspecified atom stereocenters. The smallest absolute Gasteiger partial charge is 0.175 e. The van der Waals surface area contributed by atoms with Crippen molar-refractivity contribution in [3.05, 3.63) is 83.9 Å². The Kier molecular flexibility index (Phi) is 7.29. The predicted molar refractivity (Wildman–Crippen MR) is 117 cm³/mol. The van der Waals surface area contributed by atoms with E-state index in [9.17, 15) is 13.7 Å². The first-order valence-corrected chi connectivity index (χ1v) is 11.5. The Morgan fingerprint density at radius 3 is 2.26 bits per heavy atom. The Bertz CT molecular complexity index is 1150. The Balaban J connectivity index is 1.64. The topological polar surface area (TPSA) is 85.6 Å². The number of sulfone groups is 1. The summed E-state index contributed by atoms with van der Waals surface area (Å²) in [7, 11) is -3.28.